The fraction of sp³-hybridized carbons (Fsp3) is 0.875. The van der Waals surface area contributed by atoms with Gasteiger partial charge in [0.1, 0.15) is 12.2 Å². The van der Waals surface area contributed by atoms with E-state index in [0.29, 0.717) is 18.0 Å². The SMILES string of the molecule is CCCn1ncnc1CN1CC(C(C)CC)NCCC1C. The number of hydrogen-bond acceptors (Lipinski definition) is 4. The number of aromatic nitrogens is 3. The molecular weight excluding hydrogens is 262 g/mol. The molecule has 0 amide bonds. The van der Waals surface area contributed by atoms with E-state index in [1.807, 2.05) is 0 Å². The van der Waals surface area contributed by atoms with Gasteiger partial charge in [-0.2, -0.15) is 5.10 Å². The zero-order valence-corrected chi connectivity index (χ0v) is 14.0. The molecule has 0 saturated carbocycles. The van der Waals surface area contributed by atoms with Gasteiger partial charge in [0.2, 0.25) is 0 Å². The zero-order chi connectivity index (χ0) is 15.2. The van der Waals surface area contributed by atoms with Gasteiger partial charge in [-0.05, 0) is 32.2 Å². The summed E-state index contributed by atoms with van der Waals surface area (Å²) in [5.74, 6) is 1.82. The molecule has 3 atom stereocenters. The summed E-state index contributed by atoms with van der Waals surface area (Å²) in [6.07, 6.45) is 5.22. The third kappa shape index (κ3) is 4.27. The third-order valence-corrected chi connectivity index (χ3v) is 4.83. The van der Waals surface area contributed by atoms with Crippen LogP contribution in [0.25, 0.3) is 0 Å². The summed E-state index contributed by atoms with van der Waals surface area (Å²) < 4.78 is 2.06. The molecule has 5 heteroatoms. The molecule has 1 aromatic rings. The number of hydrogen-bond donors (Lipinski definition) is 1. The van der Waals surface area contributed by atoms with E-state index in [4.69, 9.17) is 0 Å². The van der Waals surface area contributed by atoms with E-state index in [9.17, 15) is 0 Å². The predicted molar refractivity (Wildman–Crippen MR) is 86.0 cm³/mol. The molecule has 5 nitrogen and oxygen atoms in total. The highest BCUT2D eigenvalue weighted by Crippen LogP contribution is 2.17. The monoisotopic (exact) mass is 293 g/mol. The maximum atomic E-state index is 4.47. The molecule has 0 bridgehead atoms. The molecule has 0 aromatic carbocycles. The van der Waals surface area contributed by atoms with Gasteiger partial charge in [-0.15, -0.1) is 0 Å². The minimum absolute atomic E-state index is 0.586. The molecule has 1 fully saturated rings. The summed E-state index contributed by atoms with van der Waals surface area (Å²) >= 11 is 0. The van der Waals surface area contributed by atoms with Gasteiger partial charge in [0.05, 0.1) is 6.54 Å². The highest BCUT2D eigenvalue weighted by atomic mass is 15.4. The third-order valence-electron chi connectivity index (χ3n) is 4.83. The Balaban J connectivity index is 2.06. The predicted octanol–water partition coefficient (Wildman–Crippen LogP) is 2.29. The van der Waals surface area contributed by atoms with Crippen molar-refractivity contribution in [1.29, 1.82) is 0 Å². The van der Waals surface area contributed by atoms with E-state index in [1.165, 1.54) is 12.8 Å². The zero-order valence-electron chi connectivity index (χ0n) is 14.0. The Bertz CT molecular complexity index is 417. The van der Waals surface area contributed by atoms with Crippen LogP contribution in [0.5, 0.6) is 0 Å². The summed E-state index contributed by atoms with van der Waals surface area (Å²) in [6, 6.07) is 1.18. The molecule has 1 saturated heterocycles. The molecule has 1 aromatic heterocycles. The Morgan fingerprint density at radius 2 is 2.24 bits per heavy atom. The van der Waals surface area contributed by atoms with Crippen molar-refractivity contribution in [3.63, 3.8) is 0 Å². The summed E-state index contributed by atoms with van der Waals surface area (Å²) in [5.41, 5.74) is 0. The molecule has 0 spiro atoms. The Morgan fingerprint density at radius 3 is 2.95 bits per heavy atom. The molecule has 0 radical (unpaired) electrons. The van der Waals surface area contributed by atoms with Gasteiger partial charge in [-0.25, -0.2) is 9.67 Å². The molecule has 1 aliphatic heterocycles. The van der Waals surface area contributed by atoms with E-state index >= 15 is 0 Å². The maximum absolute atomic E-state index is 4.47. The van der Waals surface area contributed by atoms with Gasteiger partial charge in [-0.1, -0.05) is 27.2 Å². The second-order valence-corrected chi connectivity index (χ2v) is 6.41. The maximum Gasteiger partial charge on any atom is 0.141 e. The molecule has 3 unspecified atom stereocenters. The van der Waals surface area contributed by atoms with Crippen LogP contribution in [0, 0.1) is 5.92 Å². The van der Waals surface area contributed by atoms with Gasteiger partial charge in [0, 0.05) is 25.2 Å². The number of nitrogens with one attached hydrogen (secondary N) is 1. The summed E-state index contributed by atoms with van der Waals surface area (Å²) in [7, 11) is 0. The van der Waals surface area contributed by atoms with Crippen LogP contribution in [-0.4, -0.2) is 44.8 Å². The molecule has 1 aliphatic rings. The highest BCUT2D eigenvalue weighted by molar-refractivity contribution is 4.90. The fourth-order valence-electron chi connectivity index (χ4n) is 3.03. The van der Waals surface area contributed by atoms with Crippen LogP contribution in [0.1, 0.15) is 52.8 Å². The Labute approximate surface area is 129 Å². The van der Waals surface area contributed by atoms with Crippen molar-refractivity contribution >= 4 is 0 Å². The normalized spacial score (nSPS) is 25.7. The standard InChI is InChI=1S/C16H31N5/c1-5-9-21-16(18-12-19-21)11-20-10-15(13(3)6-2)17-8-7-14(20)4/h12-15,17H,5-11H2,1-4H3. The van der Waals surface area contributed by atoms with E-state index in [2.05, 4.69) is 52.7 Å². The van der Waals surface area contributed by atoms with E-state index in [-0.39, 0.29) is 0 Å². The minimum Gasteiger partial charge on any atom is -0.312 e. The Morgan fingerprint density at radius 1 is 1.43 bits per heavy atom. The highest BCUT2D eigenvalue weighted by Gasteiger charge is 2.26. The van der Waals surface area contributed by atoms with Crippen molar-refractivity contribution in [1.82, 2.24) is 25.0 Å². The van der Waals surface area contributed by atoms with Gasteiger partial charge in [0.25, 0.3) is 0 Å². The fourth-order valence-corrected chi connectivity index (χ4v) is 3.03. The first-order valence-electron chi connectivity index (χ1n) is 8.49. The molecule has 21 heavy (non-hydrogen) atoms. The molecule has 120 valence electrons. The van der Waals surface area contributed by atoms with Crippen molar-refractivity contribution in [3.8, 4) is 0 Å². The van der Waals surface area contributed by atoms with E-state index in [1.54, 1.807) is 6.33 Å². The second kappa shape index (κ2) is 7.90. The Kier molecular flexibility index (Phi) is 6.18. The largest absolute Gasteiger partial charge is 0.312 e. The first-order valence-corrected chi connectivity index (χ1v) is 8.49. The van der Waals surface area contributed by atoms with Crippen LogP contribution in [-0.2, 0) is 13.1 Å². The first-order chi connectivity index (χ1) is 10.2. The first kappa shape index (κ1) is 16.4. The van der Waals surface area contributed by atoms with Crippen molar-refractivity contribution in [2.45, 2.75) is 72.1 Å². The average Bonchev–Trinajstić information content (AvgIpc) is 2.82. The van der Waals surface area contributed by atoms with Crippen LogP contribution in [0.4, 0.5) is 0 Å². The number of rotatable bonds is 6. The van der Waals surface area contributed by atoms with Crippen LogP contribution >= 0.6 is 0 Å². The van der Waals surface area contributed by atoms with Crippen LogP contribution in [0.2, 0.25) is 0 Å². The quantitative estimate of drug-likeness (QED) is 0.874. The minimum atomic E-state index is 0.586. The number of aryl methyl sites for hydroxylation is 1. The average molecular weight is 293 g/mol. The lowest BCUT2D eigenvalue weighted by atomic mass is 9.99. The van der Waals surface area contributed by atoms with Gasteiger partial charge < -0.3 is 5.32 Å². The smallest absolute Gasteiger partial charge is 0.141 e. The molecule has 2 rings (SSSR count). The lowest BCUT2D eigenvalue weighted by molar-refractivity contribution is 0.173. The van der Waals surface area contributed by atoms with Crippen molar-refractivity contribution in [2.75, 3.05) is 13.1 Å². The van der Waals surface area contributed by atoms with Crippen molar-refractivity contribution in [2.24, 2.45) is 5.92 Å². The summed E-state index contributed by atoms with van der Waals surface area (Å²) in [5, 5.41) is 8.08. The molecule has 1 N–H and O–H groups in total. The van der Waals surface area contributed by atoms with Crippen LogP contribution in [0.3, 0.4) is 0 Å². The van der Waals surface area contributed by atoms with Crippen LogP contribution in [0.15, 0.2) is 6.33 Å². The lowest BCUT2D eigenvalue weighted by Gasteiger charge is -2.30. The topological polar surface area (TPSA) is 46.0 Å². The number of nitrogens with zero attached hydrogens (tertiary/aromatic N) is 4. The lowest BCUT2D eigenvalue weighted by Crippen LogP contribution is -2.43. The van der Waals surface area contributed by atoms with Crippen LogP contribution < -0.4 is 5.32 Å². The van der Waals surface area contributed by atoms with E-state index in [0.717, 1.165) is 38.4 Å². The molecule has 2 heterocycles. The molecular formula is C16H31N5. The summed E-state index contributed by atoms with van der Waals surface area (Å²) in [4.78, 5) is 7.05. The van der Waals surface area contributed by atoms with Crippen molar-refractivity contribution < 1.29 is 0 Å². The summed E-state index contributed by atoms with van der Waals surface area (Å²) in [6.45, 7) is 13.3. The van der Waals surface area contributed by atoms with E-state index < -0.39 is 0 Å². The molecule has 0 aliphatic carbocycles. The van der Waals surface area contributed by atoms with Gasteiger partial charge in [-0.3, -0.25) is 4.90 Å². The van der Waals surface area contributed by atoms with Crippen molar-refractivity contribution in [3.05, 3.63) is 12.2 Å². The Hall–Kier alpha value is -0.940. The van der Waals surface area contributed by atoms with Gasteiger partial charge in [0.15, 0.2) is 0 Å². The second-order valence-electron chi connectivity index (χ2n) is 6.41. The van der Waals surface area contributed by atoms with Gasteiger partial charge >= 0.3 is 0 Å².